The van der Waals surface area contributed by atoms with Gasteiger partial charge in [-0.15, -0.1) is 0 Å². The molecule has 3 N–H and O–H groups in total. The third-order valence-electron chi connectivity index (χ3n) is 2.50. The lowest BCUT2D eigenvalue weighted by atomic mass is 10.2. The van der Waals surface area contributed by atoms with Gasteiger partial charge in [-0.2, -0.15) is 0 Å². The van der Waals surface area contributed by atoms with E-state index in [1.165, 1.54) is 0 Å². The van der Waals surface area contributed by atoms with Gasteiger partial charge in [0.15, 0.2) is 0 Å². The van der Waals surface area contributed by atoms with Crippen LogP contribution in [-0.2, 0) is 6.54 Å². The quantitative estimate of drug-likeness (QED) is 0.751. The predicted octanol–water partition coefficient (Wildman–Crippen LogP) is 1.99. The molecule has 2 aromatic rings. The van der Waals surface area contributed by atoms with Gasteiger partial charge in [0.05, 0.1) is 6.54 Å². The summed E-state index contributed by atoms with van der Waals surface area (Å²) >= 11 is 0. The lowest BCUT2D eigenvalue weighted by molar-refractivity contribution is 0.0963. The molecule has 1 aromatic carbocycles. The van der Waals surface area contributed by atoms with Crippen molar-refractivity contribution in [1.29, 1.82) is 0 Å². The van der Waals surface area contributed by atoms with Gasteiger partial charge in [-0.3, -0.25) is 4.79 Å². The molecule has 0 aliphatic rings. The Morgan fingerprint density at radius 2 is 2.18 bits per heavy atom. The standard InChI is InChI=1S/C13H15N3O/c1-14-13(17)10-4-2-5-11(8-10)16-9-12-6-3-7-15-12/h2-8,15-16H,9H2,1H3,(H,14,17). The molecule has 4 heteroatoms. The zero-order valence-electron chi connectivity index (χ0n) is 9.66. The summed E-state index contributed by atoms with van der Waals surface area (Å²) in [6.07, 6.45) is 1.89. The van der Waals surface area contributed by atoms with Gasteiger partial charge in [0.1, 0.15) is 0 Å². The molecule has 1 aromatic heterocycles. The maximum absolute atomic E-state index is 11.5. The van der Waals surface area contributed by atoms with Gasteiger partial charge in [0.25, 0.3) is 5.91 Å². The van der Waals surface area contributed by atoms with Crippen LogP contribution in [0.15, 0.2) is 42.6 Å². The first kappa shape index (κ1) is 11.3. The Bertz CT molecular complexity index is 491. The number of aromatic amines is 1. The van der Waals surface area contributed by atoms with Crippen LogP contribution < -0.4 is 10.6 Å². The average molecular weight is 229 g/mol. The Morgan fingerprint density at radius 1 is 1.29 bits per heavy atom. The van der Waals surface area contributed by atoms with Crippen molar-refractivity contribution < 1.29 is 4.79 Å². The molecule has 0 atom stereocenters. The van der Waals surface area contributed by atoms with Crippen molar-refractivity contribution in [3.63, 3.8) is 0 Å². The summed E-state index contributed by atoms with van der Waals surface area (Å²) in [6.45, 7) is 0.712. The second-order valence-corrected chi connectivity index (χ2v) is 3.71. The van der Waals surface area contributed by atoms with E-state index in [4.69, 9.17) is 0 Å². The van der Waals surface area contributed by atoms with Crippen LogP contribution in [-0.4, -0.2) is 17.9 Å². The van der Waals surface area contributed by atoms with Crippen LogP contribution in [0.3, 0.4) is 0 Å². The average Bonchev–Trinajstić information content (AvgIpc) is 2.89. The SMILES string of the molecule is CNC(=O)c1cccc(NCc2ccc[nH]2)c1. The number of rotatable bonds is 4. The molecule has 0 fully saturated rings. The monoisotopic (exact) mass is 229 g/mol. The van der Waals surface area contributed by atoms with Gasteiger partial charge in [0.2, 0.25) is 0 Å². The van der Waals surface area contributed by atoms with Crippen LogP contribution in [0, 0.1) is 0 Å². The molecule has 0 aliphatic carbocycles. The van der Waals surface area contributed by atoms with Gasteiger partial charge >= 0.3 is 0 Å². The zero-order valence-corrected chi connectivity index (χ0v) is 9.66. The first-order valence-electron chi connectivity index (χ1n) is 5.48. The van der Waals surface area contributed by atoms with E-state index in [9.17, 15) is 4.79 Å². The fourth-order valence-electron chi connectivity index (χ4n) is 1.59. The highest BCUT2D eigenvalue weighted by molar-refractivity contribution is 5.94. The molecule has 88 valence electrons. The summed E-state index contributed by atoms with van der Waals surface area (Å²) in [7, 11) is 1.63. The molecule has 0 saturated carbocycles. The number of carbonyl (C=O) groups is 1. The Hall–Kier alpha value is -2.23. The number of carbonyl (C=O) groups excluding carboxylic acids is 1. The van der Waals surface area contributed by atoms with Gasteiger partial charge in [0, 0.05) is 30.2 Å². The molecule has 0 aliphatic heterocycles. The highest BCUT2D eigenvalue weighted by Gasteiger charge is 2.03. The zero-order chi connectivity index (χ0) is 12.1. The number of H-pyrrole nitrogens is 1. The number of hydrogen-bond acceptors (Lipinski definition) is 2. The molecule has 0 radical (unpaired) electrons. The van der Waals surface area contributed by atoms with Gasteiger partial charge in [-0.05, 0) is 30.3 Å². The first-order valence-corrected chi connectivity index (χ1v) is 5.48. The van der Waals surface area contributed by atoms with E-state index in [0.29, 0.717) is 12.1 Å². The maximum atomic E-state index is 11.5. The molecule has 2 rings (SSSR count). The molecule has 0 bridgehead atoms. The lowest BCUT2D eigenvalue weighted by Crippen LogP contribution is -2.17. The van der Waals surface area contributed by atoms with Crippen molar-refractivity contribution in [2.75, 3.05) is 12.4 Å². The molecular formula is C13H15N3O. The Kier molecular flexibility index (Phi) is 3.45. The van der Waals surface area contributed by atoms with Crippen molar-refractivity contribution in [3.05, 3.63) is 53.9 Å². The van der Waals surface area contributed by atoms with E-state index in [1.807, 2.05) is 36.5 Å². The van der Waals surface area contributed by atoms with Crippen molar-refractivity contribution in [2.45, 2.75) is 6.54 Å². The summed E-state index contributed by atoms with van der Waals surface area (Å²) in [5.74, 6) is -0.0754. The molecule has 0 spiro atoms. The number of hydrogen-bond donors (Lipinski definition) is 3. The van der Waals surface area contributed by atoms with E-state index in [1.54, 1.807) is 13.1 Å². The summed E-state index contributed by atoms with van der Waals surface area (Å²) < 4.78 is 0. The highest BCUT2D eigenvalue weighted by Crippen LogP contribution is 2.11. The molecule has 0 saturated heterocycles. The van der Waals surface area contributed by atoms with Crippen LogP contribution in [0.4, 0.5) is 5.69 Å². The van der Waals surface area contributed by atoms with Crippen molar-refractivity contribution in [1.82, 2.24) is 10.3 Å². The van der Waals surface area contributed by atoms with Gasteiger partial charge in [-0.25, -0.2) is 0 Å². The third-order valence-corrected chi connectivity index (χ3v) is 2.50. The second kappa shape index (κ2) is 5.21. The van der Waals surface area contributed by atoms with E-state index >= 15 is 0 Å². The Balaban J connectivity index is 2.03. The minimum absolute atomic E-state index is 0.0754. The smallest absolute Gasteiger partial charge is 0.251 e. The Morgan fingerprint density at radius 3 is 2.88 bits per heavy atom. The van der Waals surface area contributed by atoms with Crippen LogP contribution in [0.1, 0.15) is 16.1 Å². The van der Waals surface area contributed by atoms with Crippen molar-refractivity contribution >= 4 is 11.6 Å². The number of benzene rings is 1. The number of aromatic nitrogens is 1. The lowest BCUT2D eigenvalue weighted by Gasteiger charge is -2.07. The van der Waals surface area contributed by atoms with Crippen LogP contribution >= 0.6 is 0 Å². The summed E-state index contributed by atoms with van der Waals surface area (Å²) in [6, 6.07) is 11.4. The van der Waals surface area contributed by atoms with Crippen LogP contribution in [0.25, 0.3) is 0 Å². The van der Waals surface area contributed by atoms with Crippen LogP contribution in [0.2, 0.25) is 0 Å². The first-order chi connectivity index (χ1) is 8.29. The minimum Gasteiger partial charge on any atom is -0.379 e. The number of anilines is 1. The van der Waals surface area contributed by atoms with E-state index in [0.717, 1.165) is 11.4 Å². The Labute approximate surface area is 100 Å². The summed E-state index contributed by atoms with van der Waals surface area (Å²) in [4.78, 5) is 14.6. The van der Waals surface area contributed by atoms with Gasteiger partial charge < -0.3 is 15.6 Å². The van der Waals surface area contributed by atoms with Crippen molar-refractivity contribution in [2.24, 2.45) is 0 Å². The van der Waals surface area contributed by atoms with Crippen molar-refractivity contribution in [3.8, 4) is 0 Å². The fourth-order valence-corrected chi connectivity index (χ4v) is 1.59. The molecule has 0 unspecified atom stereocenters. The van der Waals surface area contributed by atoms with Gasteiger partial charge in [-0.1, -0.05) is 6.07 Å². The van der Waals surface area contributed by atoms with E-state index in [-0.39, 0.29) is 5.91 Å². The normalized spacial score (nSPS) is 9.94. The summed E-state index contributed by atoms with van der Waals surface area (Å²) in [5, 5.41) is 5.86. The molecule has 1 heterocycles. The molecule has 4 nitrogen and oxygen atoms in total. The highest BCUT2D eigenvalue weighted by atomic mass is 16.1. The maximum Gasteiger partial charge on any atom is 0.251 e. The summed E-state index contributed by atoms with van der Waals surface area (Å²) in [5.41, 5.74) is 2.69. The second-order valence-electron chi connectivity index (χ2n) is 3.71. The van der Waals surface area contributed by atoms with Crippen LogP contribution in [0.5, 0.6) is 0 Å². The fraction of sp³-hybridized carbons (Fsp3) is 0.154. The largest absolute Gasteiger partial charge is 0.379 e. The third kappa shape index (κ3) is 2.87. The van der Waals surface area contributed by atoms with E-state index < -0.39 is 0 Å². The molecule has 1 amide bonds. The number of amides is 1. The number of nitrogens with one attached hydrogen (secondary N) is 3. The molecule has 17 heavy (non-hydrogen) atoms. The topological polar surface area (TPSA) is 56.9 Å². The minimum atomic E-state index is -0.0754. The predicted molar refractivity (Wildman–Crippen MR) is 68.0 cm³/mol. The van der Waals surface area contributed by atoms with E-state index in [2.05, 4.69) is 15.6 Å². The molecular weight excluding hydrogens is 214 g/mol.